The minimum atomic E-state index is 0.204. The van der Waals surface area contributed by atoms with Crippen molar-refractivity contribution >= 4 is 5.91 Å². The van der Waals surface area contributed by atoms with Gasteiger partial charge in [0.25, 0.3) is 0 Å². The summed E-state index contributed by atoms with van der Waals surface area (Å²) in [6.07, 6.45) is 1.67. The lowest BCUT2D eigenvalue weighted by atomic mass is 10.1. The number of ether oxygens (including phenoxy) is 1. The molecule has 1 unspecified atom stereocenters. The van der Waals surface area contributed by atoms with Crippen LogP contribution in [0.4, 0.5) is 0 Å². The second kappa shape index (κ2) is 5.32. The number of methoxy groups -OCH3 is 1. The van der Waals surface area contributed by atoms with E-state index in [1.165, 1.54) is 5.56 Å². The van der Waals surface area contributed by atoms with Crippen LogP contribution in [0.25, 0.3) is 0 Å². The van der Waals surface area contributed by atoms with Crippen molar-refractivity contribution in [1.29, 1.82) is 0 Å². The highest BCUT2D eigenvalue weighted by atomic mass is 16.5. The second-order valence-electron chi connectivity index (χ2n) is 4.65. The normalized spacial score (nSPS) is 19.6. The Morgan fingerprint density at radius 2 is 2.35 bits per heavy atom. The molecule has 1 aliphatic rings. The lowest BCUT2D eigenvalue weighted by molar-refractivity contribution is -0.129. The SMILES string of the molecule is COC1CCN(C(=O)Cc2cccc(C)c2)C1. The van der Waals surface area contributed by atoms with E-state index in [2.05, 4.69) is 6.07 Å². The highest BCUT2D eigenvalue weighted by molar-refractivity contribution is 5.79. The van der Waals surface area contributed by atoms with E-state index in [1.807, 2.05) is 30.0 Å². The minimum absolute atomic E-state index is 0.204. The first-order valence-corrected chi connectivity index (χ1v) is 6.05. The van der Waals surface area contributed by atoms with Crippen molar-refractivity contribution in [3.8, 4) is 0 Å². The molecule has 1 aliphatic heterocycles. The Bertz CT molecular complexity index is 403. The van der Waals surface area contributed by atoms with Crippen molar-refractivity contribution in [3.05, 3.63) is 35.4 Å². The van der Waals surface area contributed by atoms with Crippen LogP contribution >= 0.6 is 0 Å². The van der Waals surface area contributed by atoms with E-state index in [9.17, 15) is 4.79 Å². The summed E-state index contributed by atoms with van der Waals surface area (Å²) in [4.78, 5) is 14.0. The summed E-state index contributed by atoms with van der Waals surface area (Å²) in [6, 6.07) is 8.13. The Kier molecular flexibility index (Phi) is 3.79. The van der Waals surface area contributed by atoms with Gasteiger partial charge in [-0.2, -0.15) is 0 Å². The predicted octanol–water partition coefficient (Wildman–Crippen LogP) is 1.78. The second-order valence-corrected chi connectivity index (χ2v) is 4.65. The number of amides is 1. The molecule has 0 bridgehead atoms. The maximum atomic E-state index is 12.1. The summed E-state index contributed by atoms with van der Waals surface area (Å²) < 4.78 is 5.27. The number of nitrogens with zero attached hydrogens (tertiary/aromatic N) is 1. The van der Waals surface area contributed by atoms with Crippen molar-refractivity contribution in [2.75, 3.05) is 20.2 Å². The van der Waals surface area contributed by atoms with Gasteiger partial charge in [-0.05, 0) is 18.9 Å². The summed E-state index contributed by atoms with van der Waals surface area (Å²) in [5.74, 6) is 0.204. The quantitative estimate of drug-likeness (QED) is 0.796. The number of hydrogen-bond donors (Lipinski definition) is 0. The number of likely N-dealkylation sites (tertiary alicyclic amines) is 1. The van der Waals surface area contributed by atoms with E-state index in [1.54, 1.807) is 7.11 Å². The largest absolute Gasteiger partial charge is 0.380 e. The zero-order valence-electron chi connectivity index (χ0n) is 10.5. The van der Waals surface area contributed by atoms with Gasteiger partial charge in [-0.25, -0.2) is 0 Å². The molecule has 0 saturated carbocycles. The van der Waals surface area contributed by atoms with Gasteiger partial charge in [0.05, 0.1) is 12.5 Å². The van der Waals surface area contributed by atoms with Gasteiger partial charge in [-0.3, -0.25) is 4.79 Å². The molecule has 1 aromatic carbocycles. The molecular weight excluding hydrogens is 214 g/mol. The molecule has 1 fully saturated rings. The smallest absolute Gasteiger partial charge is 0.227 e. The fourth-order valence-electron chi connectivity index (χ4n) is 2.26. The third-order valence-corrected chi connectivity index (χ3v) is 3.27. The first-order chi connectivity index (χ1) is 8.19. The van der Waals surface area contributed by atoms with E-state index >= 15 is 0 Å². The molecule has 0 spiro atoms. The van der Waals surface area contributed by atoms with Crippen LogP contribution in [0.1, 0.15) is 17.5 Å². The van der Waals surface area contributed by atoms with Gasteiger partial charge < -0.3 is 9.64 Å². The van der Waals surface area contributed by atoms with Crippen molar-refractivity contribution < 1.29 is 9.53 Å². The Labute approximate surface area is 102 Å². The van der Waals surface area contributed by atoms with E-state index in [0.717, 1.165) is 25.1 Å². The van der Waals surface area contributed by atoms with Crippen LogP contribution in [0.5, 0.6) is 0 Å². The van der Waals surface area contributed by atoms with Gasteiger partial charge in [0.15, 0.2) is 0 Å². The van der Waals surface area contributed by atoms with Crippen LogP contribution in [0, 0.1) is 6.92 Å². The molecule has 1 heterocycles. The molecule has 2 rings (SSSR count). The molecule has 17 heavy (non-hydrogen) atoms. The van der Waals surface area contributed by atoms with Gasteiger partial charge >= 0.3 is 0 Å². The Hall–Kier alpha value is -1.35. The van der Waals surface area contributed by atoms with Crippen molar-refractivity contribution in [3.63, 3.8) is 0 Å². The zero-order valence-corrected chi connectivity index (χ0v) is 10.5. The molecular formula is C14H19NO2. The van der Waals surface area contributed by atoms with E-state index < -0.39 is 0 Å². The molecule has 1 aromatic rings. The Morgan fingerprint density at radius 1 is 1.53 bits per heavy atom. The van der Waals surface area contributed by atoms with Gasteiger partial charge in [0, 0.05) is 20.2 Å². The zero-order chi connectivity index (χ0) is 12.3. The first kappa shape index (κ1) is 12.1. The van der Waals surface area contributed by atoms with Gasteiger partial charge in [-0.15, -0.1) is 0 Å². The van der Waals surface area contributed by atoms with Crippen molar-refractivity contribution in [2.24, 2.45) is 0 Å². The molecule has 92 valence electrons. The molecule has 1 amide bonds. The molecule has 3 heteroatoms. The summed E-state index contributed by atoms with van der Waals surface area (Å²) >= 11 is 0. The summed E-state index contributed by atoms with van der Waals surface area (Å²) in [7, 11) is 1.71. The van der Waals surface area contributed by atoms with Crippen molar-refractivity contribution in [2.45, 2.75) is 25.9 Å². The molecule has 1 atom stereocenters. The maximum Gasteiger partial charge on any atom is 0.227 e. The van der Waals surface area contributed by atoms with Gasteiger partial charge in [-0.1, -0.05) is 29.8 Å². The monoisotopic (exact) mass is 233 g/mol. The predicted molar refractivity (Wildman–Crippen MR) is 66.9 cm³/mol. The third kappa shape index (κ3) is 3.07. The highest BCUT2D eigenvalue weighted by Crippen LogP contribution is 2.14. The van der Waals surface area contributed by atoms with Crippen LogP contribution in [-0.2, 0) is 16.0 Å². The third-order valence-electron chi connectivity index (χ3n) is 3.27. The Morgan fingerprint density at radius 3 is 3.00 bits per heavy atom. The van der Waals surface area contributed by atoms with E-state index in [4.69, 9.17) is 4.74 Å². The highest BCUT2D eigenvalue weighted by Gasteiger charge is 2.25. The van der Waals surface area contributed by atoms with Gasteiger partial charge in [0.2, 0.25) is 5.91 Å². The molecule has 1 saturated heterocycles. The number of rotatable bonds is 3. The molecule has 3 nitrogen and oxygen atoms in total. The maximum absolute atomic E-state index is 12.1. The lowest BCUT2D eigenvalue weighted by Crippen LogP contribution is -2.31. The Balaban J connectivity index is 1.93. The summed E-state index contributed by atoms with van der Waals surface area (Å²) in [5.41, 5.74) is 2.29. The van der Waals surface area contributed by atoms with Crippen LogP contribution in [0.15, 0.2) is 24.3 Å². The van der Waals surface area contributed by atoms with E-state index in [0.29, 0.717) is 6.42 Å². The number of carbonyl (C=O) groups excluding carboxylic acids is 1. The standard InChI is InChI=1S/C14H19NO2/c1-11-4-3-5-12(8-11)9-14(16)15-7-6-13(10-15)17-2/h3-5,8,13H,6-7,9-10H2,1-2H3. The van der Waals surface area contributed by atoms with Gasteiger partial charge in [0.1, 0.15) is 0 Å². The lowest BCUT2D eigenvalue weighted by Gasteiger charge is -2.16. The molecule has 0 N–H and O–H groups in total. The molecule has 0 radical (unpaired) electrons. The summed E-state index contributed by atoms with van der Waals surface area (Å²) in [5, 5.41) is 0. The van der Waals surface area contributed by atoms with Crippen LogP contribution in [0.3, 0.4) is 0 Å². The van der Waals surface area contributed by atoms with Crippen LogP contribution < -0.4 is 0 Å². The van der Waals surface area contributed by atoms with Crippen molar-refractivity contribution in [1.82, 2.24) is 4.90 Å². The fraction of sp³-hybridized carbons (Fsp3) is 0.500. The first-order valence-electron chi connectivity index (χ1n) is 6.05. The number of benzene rings is 1. The number of aryl methyl sites for hydroxylation is 1. The molecule has 0 aliphatic carbocycles. The molecule has 0 aromatic heterocycles. The average Bonchev–Trinajstić information content (AvgIpc) is 2.77. The average molecular weight is 233 g/mol. The van der Waals surface area contributed by atoms with Crippen LogP contribution in [0.2, 0.25) is 0 Å². The topological polar surface area (TPSA) is 29.5 Å². The number of carbonyl (C=O) groups is 1. The minimum Gasteiger partial charge on any atom is -0.380 e. The summed E-state index contributed by atoms with van der Waals surface area (Å²) in [6.45, 7) is 3.61. The van der Waals surface area contributed by atoms with E-state index in [-0.39, 0.29) is 12.0 Å². The van der Waals surface area contributed by atoms with Crippen LogP contribution in [-0.4, -0.2) is 37.1 Å². The fourth-order valence-corrected chi connectivity index (χ4v) is 2.26. The number of hydrogen-bond acceptors (Lipinski definition) is 2.